The number of thioether (sulfide) groups is 2. The van der Waals surface area contributed by atoms with Crippen molar-refractivity contribution >= 4 is 45.4 Å². The maximum Gasteiger partial charge on any atom is 0.354 e. The van der Waals surface area contributed by atoms with Crippen molar-refractivity contribution in [1.29, 1.82) is 0 Å². The van der Waals surface area contributed by atoms with Gasteiger partial charge >= 0.3 is 5.97 Å². The minimum atomic E-state index is -3.53. The van der Waals surface area contributed by atoms with Gasteiger partial charge in [0.05, 0.1) is 21.3 Å². The Morgan fingerprint density at radius 2 is 2.14 bits per heavy atom. The molecule has 2 atom stereocenters. The average molecular weight is 368 g/mol. The number of nitrogens with zero attached hydrogens (tertiary/aromatic N) is 1. The third kappa shape index (κ3) is 3.59. The van der Waals surface area contributed by atoms with E-state index < -0.39 is 16.0 Å². The van der Waals surface area contributed by atoms with Gasteiger partial charge in [-0.25, -0.2) is 18.4 Å². The van der Waals surface area contributed by atoms with Crippen LogP contribution in [-0.2, 0) is 19.6 Å². The zero-order chi connectivity index (χ0) is 16.5. The van der Waals surface area contributed by atoms with Crippen molar-refractivity contribution < 1.29 is 28.2 Å². The maximum absolute atomic E-state index is 12.0. The van der Waals surface area contributed by atoms with Gasteiger partial charge in [-0.15, -0.1) is 11.8 Å². The van der Waals surface area contributed by atoms with E-state index in [4.69, 9.17) is 10.2 Å². The van der Waals surface area contributed by atoms with Crippen molar-refractivity contribution in [2.75, 3.05) is 18.1 Å². The van der Waals surface area contributed by atoms with Crippen molar-refractivity contribution in [2.24, 2.45) is 11.1 Å². The number of hydrogen-bond donors (Lipinski definition) is 3. The van der Waals surface area contributed by atoms with E-state index in [9.17, 15) is 23.1 Å². The van der Waals surface area contributed by atoms with Crippen molar-refractivity contribution in [3.8, 4) is 0 Å². The van der Waals surface area contributed by atoms with Crippen LogP contribution in [0.5, 0.6) is 0 Å². The Kier molecular flexibility index (Phi) is 5.43. The summed E-state index contributed by atoms with van der Waals surface area (Å²) in [5.74, 6) is -1.61. The molecule has 2 aliphatic rings. The molecular weight excluding hydrogens is 352 g/mol. The second kappa shape index (κ2) is 6.79. The van der Waals surface area contributed by atoms with E-state index in [1.807, 2.05) is 0 Å². The molecule has 0 aromatic rings. The van der Waals surface area contributed by atoms with Crippen molar-refractivity contribution in [3.05, 3.63) is 9.93 Å². The number of carbonyl (C=O) groups is 2. The summed E-state index contributed by atoms with van der Waals surface area (Å²) in [5.41, 5.74) is -0.0465. The molecule has 0 saturated carbocycles. The van der Waals surface area contributed by atoms with E-state index in [0.29, 0.717) is 22.8 Å². The molecule has 0 bridgehead atoms. The summed E-state index contributed by atoms with van der Waals surface area (Å²) in [6, 6.07) is 0. The normalized spacial score (nSPS) is 24.5. The van der Waals surface area contributed by atoms with E-state index in [1.165, 1.54) is 28.4 Å². The fraction of sp³-hybridized carbons (Fsp3) is 0.636. The number of hydrogen-bond acceptors (Lipinski definition) is 7. The molecular formula is C11H16N2O6S3. The number of fused-ring (bicyclic) bond motifs is 1. The Morgan fingerprint density at radius 1 is 1.45 bits per heavy atom. The van der Waals surface area contributed by atoms with Crippen LogP contribution < -0.4 is 5.14 Å². The van der Waals surface area contributed by atoms with Crippen LogP contribution >= 0.6 is 23.5 Å². The number of amides is 1. The zero-order valence-electron chi connectivity index (χ0n) is 11.5. The molecule has 2 heterocycles. The van der Waals surface area contributed by atoms with Gasteiger partial charge in [0.1, 0.15) is 0 Å². The van der Waals surface area contributed by atoms with Gasteiger partial charge in [-0.2, -0.15) is 0 Å². The largest absolute Gasteiger partial charge is 0.477 e. The number of carboxylic acid groups (broad SMARTS) is 1. The van der Waals surface area contributed by atoms with Crippen LogP contribution in [0, 0.1) is 5.92 Å². The Bertz CT molecular complexity index is 617. The van der Waals surface area contributed by atoms with Crippen LogP contribution in [0.2, 0.25) is 0 Å². The quantitative estimate of drug-likeness (QED) is 0.387. The van der Waals surface area contributed by atoms with Gasteiger partial charge in [0, 0.05) is 6.61 Å². The Morgan fingerprint density at radius 3 is 2.68 bits per heavy atom. The number of sulfonamides is 1. The first-order chi connectivity index (χ1) is 10.3. The monoisotopic (exact) mass is 368 g/mol. The van der Waals surface area contributed by atoms with E-state index in [1.54, 1.807) is 0 Å². The number of aliphatic hydroxyl groups is 1. The third-order valence-electron chi connectivity index (χ3n) is 3.26. The topological polar surface area (TPSA) is 138 Å². The van der Waals surface area contributed by atoms with Gasteiger partial charge < -0.3 is 10.2 Å². The lowest BCUT2D eigenvalue weighted by atomic mass is 9.94. The molecule has 0 aliphatic carbocycles. The van der Waals surface area contributed by atoms with Crippen molar-refractivity contribution in [2.45, 2.75) is 18.2 Å². The molecule has 22 heavy (non-hydrogen) atoms. The molecule has 1 amide bonds. The van der Waals surface area contributed by atoms with Crippen molar-refractivity contribution in [3.63, 3.8) is 0 Å². The molecule has 11 heteroatoms. The maximum atomic E-state index is 12.0. The van der Waals surface area contributed by atoms with E-state index in [2.05, 4.69) is 0 Å². The Labute approximate surface area is 136 Å². The van der Waals surface area contributed by atoms with E-state index in [-0.39, 0.29) is 35.3 Å². The highest BCUT2D eigenvalue weighted by Gasteiger charge is 2.55. The molecule has 0 unspecified atom stereocenters. The van der Waals surface area contributed by atoms with Crippen LogP contribution in [0.3, 0.4) is 0 Å². The number of β-lactam (4-membered cyclic amide) rings is 1. The molecule has 0 aromatic heterocycles. The molecule has 124 valence electrons. The number of nitrogens with two attached hydrogens (primary N) is 1. The number of primary sulfonamides is 1. The van der Waals surface area contributed by atoms with E-state index in [0.717, 1.165) is 0 Å². The predicted molar refractivity (Wildman–Crippen MR) is 83.1 cm³/mol. The number of rotatable bonds is 8. The number of carboxylic acids is 1. The summed E-state index contributed by atoms with van der Waals surface area (Å²) in [7, 11) is -3.53. The summed E-state index contributed by atoms with van der Waals surface area (Å²) in [5, 5.41) is 22.8. The molecule has 8 nitrogen and oxygen atoms in total. The highest BCUT2D eigenvalue weighted by molar-refractivity contribution is 8.22. The first kappa shape index (κ1) is 17.6. The van der Waals surface area contributed by atoms with Gasteiger partial charge in [-0.1, -0.05) is 11.8 Å². The molecule has 1 saturated heterocycles. The smallest absolute Gasteiger partial charge is 0.354 e. The standard InChI is InChI=1S/C11H16N2O6S3/c12-22(18,19)5-1-4-20-11-7(10(16)17)13-8(15)6(2-3-14)9(13)21-11/h6,9,14H,1-5H2,(H,16,17)(H2,12,18,19)/t6-,9+/m0/s1. The molecule has 0 radical (unpaired) electrons. The Hall–Kier alpha value is -0.750. The highest BCUT2D eigenvalue weighted by atomic mass is 32.2. The van der Waals surface area contributed by atoms with Crippen LogP contribution in [0.1, 0.15) is 12.8 Å². The van der Waals surface area contributed by atoms with Crippen LogP contribution in [-0.4, -0.2) is 58.9 Å². The second-order valence-electron chi connectivity index (χ2n) is 4.85. The summed E-state index contributed by atoms with van der Waals surface area (Å²) >= 11 is 2.50. The second-order valence-corrected chi connectivity index (χ2v) is 9.07. The lowest BCUT2D eigenvalue weighted by Gasteiger charge is -2.41. The molecule has 0 aromatic carbocycles. The fourth-order valence-corrected chi connectivity index (χ4v) is 5.87. The summed E-state index contributed by atoms with van der Waals surface area (Å²) in [4.78, 5) is 24.6. The number of carbonyl (C=O) groups excluding carboxylic acids is 1. The van der Waals surface area contributed by atoms with E-state index >= 15 is 0 Å². The van der Waals surface area contributed by atoms with Crippen LogP contribution in [0.4, 0.5) is 0 Å². The first-order valence-corrected chi connectivity index (χ1v) is 10.1. The molecule has 4 N–H and O–H groups in total. The lowest BCUT2D eigenvalue weighted by molar-refractivity contribution is -0.152. The van der Waals surface area contributed by atoms with Crippen LogP contribution in [0.25, 0.3) is 0 Å². The van der Waals surface area contributed by atoms with Gasteiger partial charge in [-0.3, -0.25) is 9.69 Å². The minimum Gasteiger partial charge on any atom is -0.477 e. The SMILES string of the molecule is NS(=O)(=O)CCCSC1=C(C(=O)O)N2C(=O)[C@H](CCO)[C@H]2S1. The predicted octanol–water partition coefficient (Wildman–Crippen LogP) is -0.434. The number of aliphatic carboxylic acids is 1. The average Bonchev–Trinajstić information content (AvgIpc) is 2.75. The summed E-state index contributed by atoms with van der Waals surface area (Å²) in [6.45, 7) is -0.124. The van der Waals surface area contributed by atoms with Crippen LogP contribution in [0.15, 0.2) is 9.93 Å². The molecule has 0 spiro atoms. The first-order valence-electron chi connectivity index (χ1n) is 6.47. The molecule has 2 aliphatic heterocycles. The van der Waals surface area contributed by atoms with Crippen molar-refractivity contribution in [1.82, 2.24) is 4.90 Å². The molecule has 1 fully saturated rings. The van der Waals surface area contributed by atoms with Gasteiger partial charge in [0.25, 0.3) is 0 Å². The molecule has 2 rings (SSSR count). The minimum absolute atomic E-state index is 0.0465. The van der Waals surface area contributed by atoms with Gasteiger partial charge in [0.15, 0.2) is 5.70 Å². The lowest BCUT2D eigenvalue weighted by Crippen LogP contribution is -2.57. The number of aliphatic hydroxyl groups excluding tert-OH is 1. The third-order valence-corrected chi connectivity index (χ3v) is 6.90. The zero-order valence-corrected chi connectivity index (χ0v) is 13.9. The van der Waals surface area contributed by atoms with Gasteiger partial charge in [-0.05, 0) is 18.6 Å². The summed E-state index contributed by atoms with van der Waals surface area (Å²) < 4.78 is 22.2. The Balaban J connectivity index is 2.01. The summed E-state index contributed by atoms with van der Waals surface area (Å²) in [6.07, 6.45) is 0.613. The van der Waals surface area contributed by atoms with Gasteiger partial charge in [0.2, 0.25) is 15.9 Å². The highest BCUT2D eigenvalue weighted by Crippen LogP contribution is 2.53. The fourth-order valence-electron chi connectivity index (χ4n) is 2.28.